The molecule has 2 nitrogen and oxygen atoms in total. The molecule has 0 spiro atoms. The van der Waals surface area contributed by atoms with Gasteiger partial charge >= 0.3 is 5.97 Å². The van der Waals surface area contributed by atoms with Gasteiger partial charge in [-0.3, -0.25) is 4.79 Å². The molecule has 0 unspecified atom stereocenters. The summed E-state index contributed by atoms with van der Waals surface area (Å²) in [4.78, 5) is 10.5. The number of aliphatic carboxylic acids is 1. The molecule has 1 atom stereocenters. The number of carbonyl (C=O) groups is 1. The van der Waals surface area contributed by atoms with Crippen LogP contribution >= 0.6 is 0 Å². The van der Waals surface area contributed by atoms with Gasteiger partial charge in [0.05, 0.1) is 0 Å². The van der Waals surface area contributed by atoms with Gasteiger partial charge in [0.1, 0.15) is 0 Å². The van der Waals surface area contributed by atoms with Crippen LogP contribution in [0.5, 0.6) is 0 Å². The molecule has 0 saturated heterocycles. The first-order valence-electron chi connectivity index (χ1n) is 9.38. The van der Waals surface area contributed by atoms with Gasteiger partial charge in [-0.15, -0.1) is 0 Å². The Morgan fingerprint density at radius 3 is 1.52 bits per heavy atom. The van der Waals surface area contributed by atoms with Gasteiger partial charge in [-0.2, -0.15) is 0 Å². The van der Waals surface area contributed by atoms with Crippen molar-refractivity contribution in [1.82, 2.24) is 0 Å². The van der Waals surface area contributed by atoms with Crippen LogP contribution < -0.4 is 0 Å². The second kappa shape index (κ2) is 15.9. The zero-order valence-corrected chi connectivity index (χ0v) is 14.5. The second-order valence-electron chi connectivity index (χ2n) is 6.73. The van der Waals surface area contributed by atoms with Crippen LogP contribution in [-0.4, -0.2) is 11.1 Å². The van der Waals surface area contributed by atoms with Crippen LogP contribution in [0.4, 0.5) is 0 Å². The first-order chi connectivity index (χ1) is 10.2. The fourth-order valence-electron chi connectivity index (χ4n) is 2.91. The largest absolute Gasteiger partial charge is 0.481 e. The molecular weight excluding hydrogens is 260 g/mol. The lowest BCUT2D eigenvalue weighted by Crippen LogP contribution is -2.03. The van der Waals surface area contributed by atoms with Gasteiger partial charge in [-0.05, 0) is 5.92 Å². The quantitative estimate of drug-likeness (QED) is 0.327. The lowest BCUT2D eigenvalue weighted by Gasteiger charge is -2.07. The summed E-state index contributed by atoms with van der Waals surface area (Å²) >= 11 is 0. The lowest BCUT2D eigenvalue weighted by atomic mass is 9.99. The maximum Gasteiger partial charge on any atom is 0.303 e. The summed E-state index contributed by atoms with van der Waals surface area (Å²) in [6.07, 6.45) is 19.3. The van der Waals surface area contributed by atoms with Crippen LogP contribution in [0.3, 0.4) is 0 Å². The highest BCUT2D eigenvalue weighted by atomic mass is 16.4. The molecule has 1 N–H and O–H groups in total. The van der Waals surface area contributed by atoms with Crippen molar-refractivity contribution in [3.8, 4) is 0 Å². The third kappa shape index (κ3) is 17.4. The van der Waals surface area contributed by atoms with Crippen LogP contribution in [0.25, 0.3) is 0 Å². The van der Waals surface area contributed by atoms with E-state index in [1.54, 1.807) is 0 Å². The van der Waals surface area contributed by atoms with Gasteiger partial charge in [0.2, 0.25) is 0 Å². The molecule has 0 aliphatic carbocycles. The fraction of sp³-hybridized carbons (Fsp3) is 0.947. The summed E-state index contributed by atoms with van der Waals surface area (Å²) in [5.74, 6) is -0.313. The molecule has 0 radical (unpaired) electrons. The molecule has 0 aromatic rings. The lowest BCUT2D eigenvalue weighted by molar-refractivity contribution is -0.138. The van der Waals surface area contributed by atoms with Crippen molar-refractivity contribution in [2.24, 2.45) is 5.92 Å². The minimum atomic E-state index is -0.655. The molecule has 2 heteroatoms. The maximum atomic E-state index is 10.5. The van der Waals surface area contributed by atoms with Gasteiger partial charge in [0.25, 0.3) is 0 Å². The molecule has 0 aromatic heterocycles. The standard InChI is InChI=1S/C19H38O2/c1-3-4-5-6-7-8-9-10-11-12-13-14-15-16-18(2)17-19(20)21/h18H,3-17H2,1-2H3,(H,20,21)/t18-/m1/s1. The topological polar surface area (TPSA) is 37.3 Å². The molecule has 0 aromatic carbocycles. The average molecular weight is 299 g/mol. The Labute approximate surface area is 132 Å². The zero-order valence-electron chi connectivity index (χ0n) is 14.5. The van der Waals surface area contributed by atoms with Crippen molar-refractivity contribution in [2.75, 3.05) is 0 Å². The van der Waals surface area contributed by atoms with E-state index in [-0.39, 0.29) is 0 Å². The van der Waals surface area contributed by atoms with Gasteiger partial charge in [-0.1, -0.05) is 104 Å². The molecule has 21 heavy (non-hydrogen) atoms. The number of carboxylic acids is 1. The Morgan fingerprint density at radius 1 is 0.762 bits per heavy atom. The summed E-state index contributed by atoms with van der Waals surface area (Å²) in [7, 11) is 0. The minimum absolute atomic E-state index is 0.332. The highest BCUT2D eigenvalue weighted by molar-refractivity contribution is 5.66. The molecule has 0 aliphatic heterocycles. The van der Waals surface area contributed by atoms with E-state index in [0.717, 1.165) is 6.42 Å². The fourth-order valence-corrected chi connectivity index (χ4v) is 2.91. The Hall–Kier alpha value is -0.530. The summed E-state index contributed by atoms with van der Waals surface area (Å²) in [5, 5.41) is 8.69. The van der Waals surface area contributed by atoms with E-state index in [2.05, 4.69) is 13.8 Å². The Morgan fingerprint density at radius 2 is 1.14 bits per heavy atom. The van der Waals surface area contributed by atoms with Gasteiger partial charge in [-0.25, -0.2) is 0 Å². The Bertz CT molecular complexity index is 226. The molecular formula is C19H38O2. The highest BCUT2D eigenvalue weighted by Gasteiger charge is 2.06. The first kappa shape index (κ1) is 20.5. The number of rotatable bonds is 16. The summed E-state index contributed by atoms with van der Waals surface area (Å²) in [5.41, 5.74) is 0. The molecule has 0 bridgehead atoms. The Balaban J connectivity index is 3.07. The van der Waals surface area contributed by atoms with Crippen LogP contribution in [-0.2, 0) is 4.79 Å². The predicted molar refractivity (Wildman–Crippen MR) is 91.7 cm³/mol. The van der Waals surface area contributed by atoms with Crippen LogP contribution in [0.15, 0.2) is 0 Å². The summed E-state index contributed by atoms with van der Waals surface area (Å²) in [6.45, 7) is 4.32. The van der Waals surface area contributed by atoms with Crippen molar-refractivity contribution in [2.45, 2.75) is 110 Å². The normalized spacial score (nSPS) is 12.5. The average Bonchev–Trinajstić information content (AvgIpc) is 2.43. The van der Waals surface area contributed by atoms with Gasteiger partial charge in [0, 0.05) is 6.42 Å². The first-order valence-corrected chi connectivity index (χ1v) is 9.38. The van der Waals surface area contributed by atoms with Crippen molar-refractivity contribution in [1.29, 1.82) is 0 Å². The second-order valence-corrected chi connectivity index (χ2v) is 6.73. The molecule has 0 amide bonds. The predicted octanol–water partition coefficient (Wildman–Crippen LogP) is 6.58. The van der Waals surface area contributed by atoms with E-state index < -0.39 is 5.97 Å². The molecule has 0 rings (SSSR count). The molecule has 0 saturated carbocycles. The smallest absolute Gasteiger partial charge is 0.303 e. The van der Waals surface area contributed by atoms with Gasteiger partial charge in [0.15, 0.2) is 0 Å². The third-order valence-electron chi connectivity index (χ3n) is 4.32. The van der Waals surface area contributed by atoms with E-state index in [4.69, 9.17) is 5.11 Å². The molecule has 0 aliphatic rings. The van der Waals surface area contributed by atoms with Crippen molar-refractivity contribution in [3.63, 3.8) is 0 Å². The van der Waals surface area contributed by atoms with Crippen LogP contribution in [0, 0.1) is 5.92 Å². The van der Waals surface area contributed by atoms with Crippen molar-refractivity contribution < 1.29 is 9.90 Å². The van der Waals surface area contributed by atoms with E-state index in [9.17, 15) is 4.79 Å². The Kier molecular flexibility index (Phi) is 15.5. The number of unbranched alkanes of at least 4 members (excludes halogenated alkanes) is 12. The number of carboxylic acid groups (broad SMARTS) is 1. The monoisotopic (exact) mass is 298 g/mol. The molecule has 126 valence electrons. The van der Waals surface area contributed by atoms with Gasteiger partial charge < -0.3 is 5.11 Å². The summed E-state index contributed by atoms with van der Waals surface area (Å²) in [6, 6.07) is 0. The molecule has 0 heterocycles. The zero-order chi connectivity index (χ0) is 15.8. The summed E-state index contributed by atoms with van der Waals surface area (Å²) < 4.78 is 0. The number of hydrogen-bond donors (Lipinski definition) is 1. The highest BCUT2D eigenvalue weighted by Crippen LogP contribution is 2.16. The van der Waals surface area contributed by atoms with E-state index >= 15 is 0 Å². The van der Waals surface area contributed by atoms with E-state index in [0.29, 0.717) is 12.3 Å². The van der Waals surface area contributed by atoms with E-state index in [1.807, 2.05) is 0 Å². The minimum Gasteiger partial charge on any atom is -0.481 e. The van der Waals surface area contributed by atoms with Crippen LogP contribution in [0.1, 0.15) is 110 Å². The van der Waals surface area contributed by atoms with Crippen molar-refractivity contribution >= 4 is 5.97 Å². The maximum absolute atomic E-state index is 10.5. The number of hydrogen-bond acceptors (Lipinski definition) is 1. The van der Waals surface area contributed by atoms with E-state index in [1.165, 1.54) is 83.5 Å². The molecule has 0 fully saturated rings. The SMILES string of the molecule is CCCCCCCCCCCCCCC[C@@H](C)CC(=O)O. The third-order valence-corrected chi connectivity index (χ3v) is 4.32. The van der Waals surface area contributed by atoms with Crippen molar-refractivity contribution in [3.05, 3.63) is 0 Å². The van der Waals surface area contributed by atoms with Crippen LogP contribution in [0.2, 0.25) is 0 Å².